The molecule has 0 bridgehead atoms. The number of aliphatic hydroxyl groups is 1. The summed E-state index contributed by atoms with van der Waals surface area (Å²) in [4.78, 5) is 28.5. The van der Waals surface area contributed by atoms with Crippen LogP contribution < -0.4 is 10.6 Å². The first-order valence-corrected chi connectivity index (χ1v) is 7.50. The second kappa shape index (κ2) is 8.48. The van der Waals surface area contributed by atoms with Crippen LogP contribution in [-0.2, 0) is 4.79 Å². The molecule has 1 rings (SSSR count). The van der Waals surface area contributed by atoms with Crippen molar-refractivity contribution in [3.63, 3.8) is 0 Å². The zero-order valence-electron chi connectivity index (χ0n) is 13.5. The summed E-state index contributed by atoms with van der Waals surface area (Å²) in [6.07, 6.45) is 1.53. The number of nitrogens with one attached hydrogen (secondary N) is 2. The first kappa shape index (κ1) is 18.1. The molecule has 22 heavy (non-hydrogen) atoms. The van der Waals surface area contributed by atoms with Gasteiger partial charge in [0.2, 0.25) is 5.91 Å². The predicted molar refractivity (Wildman–Crippen MR) is 84.2 cm³/mol. The van der Waals surface area contributed by atoms with E-state index >= 15 is 0 Å². The molecule has 0 aliphatic rings. The fraction of sp³-hybridized carbons (Fsp3) is 0.562. The van der Waals surface area contributed by atoms with Gasteiger partial charge in [0.1, 0.15) is 11.7 Å². The first-order chi connectivity index (χ1) is 10.4. The third-order valence-electron chi connectivity index (χ3n) is 3.46. The van der Waals surface area contributed by atoms with Gasteiger partial charge in [-0.2, -0.15) is 0 Å². The summed E-state index contributed by atoms with van der Waals surface area (Å²) in [5.41, 5.74) is 0.267. The number of hydrogen-bond acceptors (Lipinski definition) is 4. The molecule has 0 spiro atoms. The van der Waals surface area contributed by atoms with E-state index in [1.165, 1.54) is 6.20 Å². The van der Waals surface area contributed by atoms with Gasteiger partial charge in [0.15, 0.2) is 0 Å². The van der Waals surface area contributed by atoms with Crippen molar-refractivity contribution in [1.29, 1.82) is 0 Å². The molecule has 0 aromatic carbocycles. The van der Waals surface area contributed by atoms with E-state index < -0.39 is 6.04 Å². The number of pyridine rings is 1. The monoisotopic (exact) mass is 307 g/mol. The zero-order valence-corrected chi connectivity index (χ0v) is 13.5. The zero-order chi connectivity index (χ0) is 16.7. The van der Waals surface area contributed by atoms with Gasteiger partial charge in [-0.3, -0.25) is 14.6 Å². The third-order valence-corrected chi connectivity index (χ3v) is 3.46. The van der Waals surface area contributed by atoms with Crippen LogP contribution in [0.3, 0.4) is 0 Å². The summed E-state index contributed by atoms with van der Waals surface area (Å²) in [7, 11) is 0. The van der Waals surface area contributed by atoms with Crippen molar-refractivity contribution in [2.75, 3.05) is 6.61 Å². The van der Waals surface area contributed by atoms with Crippen molar-refractivity contribution in [3.05, 3.63) is 30.1 Å². The number of aromatic nitrogens is 1. The third kappa shape index (κ3) is 5.11. The Morgan fingerprint density at radius 2 is 1.82 bits per heavy atom. The lowest BCUT2D eigenvalue weighted by Crippen LogP contribution is -2.54. The Balaban J connectivity index is 2.77. The molecule has 0 saturated carbocycles. The van der Waals surface area contributed by atoms with Gasteiger partial charge in [-0.15, -0.1) is 0 Å². The number of aliphatic hydroxyl groups excluding tert-OH is 1. The lowest BCUT2D eigenvalue weighted by Gasteiger charge is -2.26. The average molecular weight is 307 g/mol. The van der Waals surface area contributed by atoms with Gasteiger partial charge in [0.25, 0.3) is 5.91 Å². The van der Waals surface area contributed by atoms with Gasteiger partial charge >= 0.3 is 0 Å². The normalized spacial score (nSPS) is 13.8. The van der Waals surface area contributed by atoms with Crippen LogP contribution in [0.5, 0.6) is 0 Å². The highest BCUT2D eigenvalue weighted by Crippen LogP contribution is 2.07. The SMILES string of the molecule is CC(C)[C@H](NC(=O)c1ccccn1)C(=O)N[C@H](CO)C(C)C. The predicted octanol–water partition coefficient (Wildman–Crippen LogP) is 0.969. The minimum atomic E-state index is -0.678. The molecule has 122 valence electrons. The van der Waals surface area contributed by atoms with Gasteiger partial charge in [-0.05, 0) is 24.0 Å². The van der Waals surface area contributed by atoms with Gasteiger partial charge in [0, 0.05) is 6.20 Å². The molecule has 2 atom stereocenters. The minimum Gasteiger partial charge on any atom is -0.394 e. The van der Waals surface area contributed by atoms with Crippen molar-refractivity contribution in [2.45, 2.75) is 39.8 Å². The molecule has 6 nitrogen and oxygen atoms in total. The smallest absolute Gasteiger partial charge is 0.270 e. The van der Waals surface area contributed by atoms with Gasteiger partial charge in [-0.1, -0.05) is 33.8 Å². The Labute approximate surface area is 131 Å². The van der Waals surface area contributed by atoms with Crippen LogP contribution in [0.25, 0.3) is 0 Å². The molecule has 2 amide bonds. The maximum absolute atomic E-state index is 12.4. The number of amides is 2. The van der Waals surface area contributed by atoms with E-state index in [1.54, 1.807) is 18.2 Å². The lowest BCUT2D eigenvalue weighted by molar-refractivity contribution is -0.125. The fourth-order valence-electron chi connectivity index (χ4n) is 1.94. The maximum atomic E-state index is 12.4. The summed E-state index contributed by atoms with van der Waals surface area (Å²) >= 11 is 0. The largest absolute Gasteiger partial charge is 0.394 e. The van der Waals surface area contributed by atoms with Gasteiger partial charge in [-0.25, -0.2) is 0 Å². The molecular weight excluding hydrogens is 282 g/mol. The number of carbonyl (C=O) groups excluding carboxylic acids is 2. The second-order valence-corrected chi connectivity index (χ2v) is 5.95. The molecule has 0 unspecified atom stereocenters. The minimum absolute atomic E-state index is 0.0841. The summed E-state index contributed by atoms with van der Waals surface area (Å²) in [5, 5.41) is 14.8. The molecule has 0 aliphatic heterocycles. The van der Waals surface area contributed by atoms with Crippen LogP contribution in [0.15, 0.2) is 24.4 Å². The average Bonchev–Trinajstić information content (AvgIpc) is 2.49. The molecule has 0 aliphatic carbocycles. The maximum Gasteiger partial charge on any atom is 0.270 e. The molecule has 0 radical (unpaired) electrons. The van der Waals surface area contributed by atoms with Crippen molar-refractivity contribution in [3.8, 4) is 0 Å². The molecule has 0 saturated heterocycles. The van der Waals surface area contributed by atoms with E-state index in [2.05, 4.69) is 15.6 Å². The van der Waals surface area contributed by atoms with E-state index in [1.807, 2.05) is 27.7 Å². The Morgan fingerprint density at radius 1 is 1.14 bits per heavy atom. The molecule has 1 heterocycles. The van der Waals surface area contributed by atoms with Crippen LogP contribution in [-0.4, -0.2) is 40.6 Å². The van der Waals surface area contributed by atoms with Crippen molar-refractivity contribution in [1.82, 2.24) is 15.6 Å². The van der Waals surface area contributed by atoms with E-state index in [9.17, 15) is 14.7 Å². The Bertz CT molecular complexity index is 489. The van der Waals surface area contributed by atoms with E-state index in [-0.39, 0.29) is 42.0 Å². The van der Waals surface area contributed by atoms with Crippen LogP contribution >= 0.6 is 0 Å². The summed E-state index contributed by atoms with van der Waals surface area (Å²) < 4.78 is 0. The summed E-state index contributed by atoms with van der Waals surface area (Å²) in [6.45, 7) is 7.40. The Hall–Kier alpha value is -1.95. The van der Waals surface area contributed by atoms with Crippen LogP contribution in [0.4, 0.5) is 0 Å². The summed E-state index contributed by atoms with van der Waals surface area (Å²) in [6, 6.07) is 4.02. The number of nitrogens with zero attached hydrogens (tertiary/aromatic N) is 1. The molecule has 6 heteroatoms. The second-order valence-electron chi connectivity index (χ2n) is 5.95. The quantitative estimate of drug-likeness (QED) is 0.700. The van der Waals surface area contributed by atoms with Crippen molar-refractivity contribution in [2.24, 2.45) is 11.8 Å². The Kier molecular flexibility index (Phi) is 6.98. The highest BCUT2D eigenvalue weighted by atomic mass is 16.3. The fourth-order valence-corrected chi connectivity index (χ4v) is 1.94. The molecular formula is C16H25N3O3. The van der Waals surface area contributed by atoms with Crippen LogP contribution in [0.1, 0.15) is 38.2 Å². The van der Waals surface area contributed by atoms with Gasteiger partial charge < -0.3 is 15.7 Å². The van der Waals surface area contributed by atoms with Gasteiger partial charge in [0.05, 0.1) is 12.6 Å². The van der Waals surface area contributed by atoms with E-state index in [0.29, 0.717) is 0 Å². The van der Waals surface area contributed by atoms with Crippen molar-refractivity contribution < 1.29 is 14.7 Å². The lowest BCUT2D eigenvalue weighted by atomic mass is 10.0. The van der Waals surface area contributed by atoms with E-state index in [0.717, 1.165) is 0 Å². The highest BCUT2D eigenvalue weighted by Gasteiger charge is 2.27. The molecule has 0 fully saturated rings. The van der Waals surface area contributed by atoms with Crippen molar-refractivity contribution >= 4 is 11.8 Å². The number of hydrogen-bond donors (Lipinski definition) is 3. The van der Waals surface area contributed by atoms with E-state index in [4.69, 9.17) is 0 Å². The molecule has 1 aromatic heterocycles. The van der Waals surface area contributed by atoms with Crippen LogP contribution in [0, 0.1) is 11.8 Å². The number of rotatable bonds is 7. The standard InChI is InChI=1S/C16H25N3O3/c1-10(2)13(9-20)18-16(22)14(11(3)4)19-15(21)12-7-5-6-8-17-12/h5-8,10-11,13-14,20H,9H2,1-4H3,(H,18,22)(H,19,21)/t13-,14+/m1/s1. The molecule has 1 aromatic rings. The van der Waals surface area contributed by atoms with Crippen LogP contribution in [0.2, 0.25) is 0 Å². The highest BCUT2D eigenvalue weighted by molar-refractivity contribution is 5.96. The Morgan fingerprint density at radius 3 is 2.27 bits per heavy atom. The first-order valence-electron chi connectivity index (χ1n) is 7.50. The molecule has 3 N–H and O–H groups in total. The topological polar surface area (TPSA) is 91.3 Å². The number of carbonyl (C=O) groups is 2. The summed E-state index contributed by atoms with van der Waals surface area (Å²) in [5.74, 6) is -0.668.